The molecule has 5 nitrogen and oxygen atoms in total. The molecule has 7 heteroatoms. The zero-order valence-corrected chi connectivity index (χ0v) is 12.6. The molecule has 2 N–H and O–H groups in total. The molecule has 2 aromatic heterocycles. The van der Waals surface area contributed by atoms with Crippen molar-refractivity contribution in [3.8, 4) is 22.6 Å². The molecule has 3 rings (SSSR count). The van der Waals surface area contributed by atoms with Gasteiger partial charge in [-0.25, -0.2) is 9.97 Å². The SMILES string of the molecule is Cn1cc(-c2cc(N)nc(-c3ccc(Cl)c(Cl)c3)n2)cn1. The second-order valence-corrected chi connectivity index (χ2v) is 5.35. The number of anilines is 1. The Kier molecular flexibility index (Phi) is 3.53. The number of hydrogen-bond acceptors (Lipinski definition) is 4. The van der Waals surface area contributed by atoms with Crippen LogP contribution < -0.4 is 5.73 Å². The van der Waals surface area contributed by atoms with Crippen LogP contribution >= 0.6 is 23.2 Å². The Bertz CT molecular complexity index is 813. The maximum absolute atomic E-state index is 6.03. The Hall–Kier alpha value is -2.11. The molecule has 0 aliphatic heterocycles. The van der Waals surface area contributed by atoms with E-state index in [-0.39, 0.29) is 0 Å². The number of benzene rings is 1. The van der Waals surface area contributed by atoms with Gasteiger partial charge in [-0.15, -0.1) is 0 Å². The highest BCUT2D eigenvalue weighted by atomic mass is 35.5. The first-order valence-corrected chi connectivity index (χ1v) is 6.87. The second-order valence-electron chi connectivity index (χ2n) is 4.53. The molecular formula is C14H11Cl2N5. The van der Waals surface area contributed by atoms with E-state index < -0.39 is 0 Å². The lowest BCUT2D eigenvalue weighted by Crippen LogP contribution is -1.97. The maximum Gasteiger partial charge on any atom is 0.162 e. The van der Waals surface area contributed by atoms with Crippen LogP contribution in [0.2, 0.25) is 10.0 Å². The van der Waals surface area contributed by atoms with Gasteiger partial charge in [0.05, 0.1) is 21.9 Å². The molecule has 0 saturated carbocycles. The van der Waals surface area contributed by atoms with Crippen molar-refractivity contribution in [3.05, 3.63) is 46.7 Å². The van der Waals surface area contributed by atoms with E-state index in [1.165, 1.54) is 0 Å². The molecule has 0 fully saturated rings. The Morgan fingerprint density at radius 2 is 1.86 bits per heavy atom. The van der Waals surface area contributed by atoms with Gasteiger partial charge in [0, 0.05) is 30.4 Å². The normalized spacial score (nSPS) is 10.8. The smallest absolute Gasteiger partial charge is 0.162 e. The molecule has 3 aromatic rings. The predicted molar refractivity (Wildman–Crippen MR) is 84.1 cm³/mol. The highest BCUT2D eigenvalue weighted by Crippen LogP contribution is 2.28. The minimum Gasteiger partial charge on any atom is -0.384 e. The summed E-state index contributed by atoms with van der Waals surface area (Å²) in [6.07, 6.45) is 3.58. The van der Waals surface area contributed by atoms with Crippen LogP contribution in [0.3, 0.4) is 0 Å². The van der Waals surface area contributed by atoms with Crippen molar-refractivity contribution in [2.75, 3.05) is 5.73 Å². The quantitative estimate of drug-likeness (QED) is 0.785. The largest absolute Gasteiger partial charge is 0.384 e. The van der Waals surface area contributed by atoms with E-state index >= 15 is 0 Å². The lowest BCUT2D eigenvalue weighted by atomic mass is 10.2. The van der Waals surface area contributed by atoms with Gasteiger partial charge in [0.25, 0.3) is 0 Å². The fourth-order valence-corrected chi connectivity index (χ4v) is 2.23. The van der Waals surface area contributed by atoms with E-state index in [9.17, 15) is 0 Å². The van der Waals surface area contributed by atoms with Crippen molar-refractivity contribution in [1.29, 1.82) is 0 Å². The Labute approximate surface area is 131 Å². The van der Waals surface area contributed by atoms with Gasteiger partial charge in [-0.2, -0.15) is 5.10 Å². The number of aryl methyl sites for hydroxylation is 1. The summed E-state index contributed by atoms with van der Waals surface area (Å²) in [5.41, 5.74) is 8.20. The molecule has 106 valence electrons. The fourth-order valence-electron chi connectivity index (χ4n) is 1.93. The lowest BCUT2D eigenvalue weighted by Gasteiger charge is -2.06. The zero-order chi connectivity index (χ0) is 15.0. The van der Waals surface area contributed by atoms with Gasteiger partial charge < -0.3 is 5.73 Å². The van der Waals surface area contributed by atoms with Crippen molar-refractivity contribution < 1.29 is 0 Å². The van der Waals surface area contributed by atoms with Gasteiger partial charge >= 0.3 is 0 Å². The van der Waals surface area contributed by atoms with Crippen molar-refractivity contribution in [2.24, 2.45) is 7.05 Å². The van der Waals surface area contributed by atoms with Crippen LogP contribution in [0.1, 0.15) is 0 Å². The summed E-state index contributed by atoms with van der Waals surface area (Å²) < 4.78 is 1.70. The van der Waals surface area contributed by atoms with Crippen LogP contribution in [-0.2, 0) is 7.05 Å². The number of nitrogens with zero attached hydrogens (tertiary/aromatic N) is 4. The highest BCUT2D eigenvalue weighted by molar-refractivity contribution is 6.42. The van der Waals surface area contributed by atoms with Crippen LogP contribution in [0.25, 0.3) is 22.6 Å². The molecule has 0 spiro atoms. The van der Waals surface area contributed by atoms with E-state index in [0.717, 1.165) is 11.1 Å². The molecule has 0 atom stereocenters. The molecule has 0 aliphatic carbocycles. The lowest BCUT2D eigenvalue weighted by molar-refractivity contribution is 0.768. The summed E-state index contributed by atoms with van der Waals surface area (Å²) >= 11 is 12.0. The number of halogens is 2. The first-order valence-electron chi connectivity index (χ1n) is 6.12. The third-order valence-electron chi connectivity index (χ3n) is 2.92. The summed E-state index contributed by atoms with van der Waals surface area (Å²) in [6.45, 7) is 0. The summed E-state index contributed by atoms with van der Waals surface area (Å²) in [7, 11) is 1.84. The van der Waals surface area contributed by atoms with Gasteiger partial charge in [0.1, 0.15) is 5.82 Å². The molecule has 1 aromatic carbocycles. The van der Waals surface area contributed by atoms with Crippen LogP contribution in [0, 0.1) is 0 Å². The summed E-state index contributed by atoms with van der Waals surface area (Å²) in [5, 5.41) is 5.06. The summed E-state index contributed by atoms with van der Waals surface area (Å²) in [5.74, 6) is 0.873. The average molecular weight is 320 g/mol. The Morgan fingerprint density at radius 1 is 1.05 bits per heavy atom. The van der Waals surface area contributed by atoms with E-state index in [1.807, 2.05) is 13.2 Å². The molecule has 0 bridgehead atoms. The number of aromatic nitrogens is 4. The van der Waals surface area contributed by atoms with E-state index in [2.05, 4.69) is 15.1 Å². The van der Waals surface area contributed by atoms with Crippen LogP contribution in [0.5, 0.6) is 0 Å². The molecular weight excluding hydrogens is 309 g/mol. The Balaban J connectivity index is 2.11. The minimum absolute atomic E-state index is 0.380. The van der Waals surface area contributed by atoms with Gasteiger partial charge in [0.2, 0.25) is 0 Å². The topological polar surface area (TPSA) is 69.6 Å². The Morgan fingerprint density at radius 3 is 2.52 bits per heavy atom. The summed E-state index contributed by atoms with van der Waals surface area (Å²) in [6, 6.07) is 6.93. The average Bonchev–Trinajstić information content (AvgIpc) is 2.88. The monoisotopic (exact) mass is 319 g/mol. The third kappa shape index (κ3) is 2.84. The molecule has 0 saturated heterocycles. The maximum atomic E-state index is 6.03. The van der Waals surface area contributed by atoms with Gasteiger partial charge in [-0.05, 0) is 18.2 Å². The molecule has 0 radical (unpaired) electrons. The van der Waals surface area contributed by atoms with Gasteiger partial charge in [-0.1, -0.05) is 23.2 Å². The first-order chi connectivity index (χ1) is 10.0. The number of nitrogens with two attached hydrogens (primary N) is 1. The predicted octanol–water partition coefficient (Wildman–Crippen LogP) is 3.43. The third-order valence-corrected chi connectivity index (χ3v) is 3.66. The first kappa shape index (κ1) is 13.9. The van der Waals surface area contributed by atoms with Crippen LogP contribution in [0.4, 0.5) is 5.82 Å². The van der Waals surface area contributed by atoms with Crippen LogP contribution in [0.15, 0.2) is 36.7 Å². The zero-order valence-electron chi connectivity index (χ0n) is 11.1. The van der Waals surface area contributed by atoms with Crippen molar-refractivity contribution in [3.63, 3.8) is 0 Å². The van der Waals surface area contributed by atoms with Crippen molar-refractivity contribution in [2.45, 2.75) is 0 Å². The van der Waals surface area contributed by atoms with Gasteiger partial charge in [-0.3, -0.25) is 4.68 Å². The van der Waals surface area contributed by atoms with E-state index in [4.69, 9.17) is 28.9 Å². The van der Waals surface area contributed by atoms with E-state index in [0.29, 0.717) is 27.4 Å². The minimum atomic E-state index is 0.380. The number of rotatable bonds is 2. The second kappa shape index (κ2) is 5.35. The van der Waals surface area contributed by atoms with E-state index in [1.54, 1.807) is 35.1 Å². The molecule has 21 heavy (non-hydrogen) atoms. The fraction of sp³-hybridized carbons (Fsp3) is 0.0714. The van der Waals surface area contributed by atoms with Crippen molar-refractivity contribution in [1.82, 2.24) is 19.7 Å². The summed E-state index contributed by atoms with van der Waals surface area (Å²) in [4.78, 5) is 8.76. The molecule has 0 aliphatic rings. The van der Waals surface area contributed by atoms with Crippen LogP contribution in [-0.4, -0.2) is 19.7 Å². The van der Waals surface area contributed by atoms with Crippen molar-refractivity contribution >= 4 is 29.0 Å². The number of hydrogen-bond donors (Lipinski definition) is 1. The highest BCUT2D eigenvalue weighted by Gasteiger charge is 2.10. The molecule has 2 heterocycles. The molecule has 0 unspecified atom stereocenters. The standard InChI is InChI=1S/C14H11Cl2N5/c1-21-7-9(6-18-21)12-5-13(17)20-14(19-12)8-2-3-10(15)11(16)4-8/h2-7H,1H3,(H2,17,19,20). The molecule has 0 amide bonds. The van der Waals surface area contributed by atoms with Gasteiger partial charge in [0.15, 0.2) is 5.82 Å². The number of nitrogen functional groups attached to an aromatic ring is 1.